The molecule has 3 aliphatic heterocycles. The second-order valence-electron chi connectivity index (χ2n) is 13.9. The number of nitrogens with zero attached hydrogens (tertiary/aromatic N) is 3. The van der Waals surface area contributed by atoms with Crippen LogP contribution in [0, 0.1) is 30.6 Å². The lowest BCUT2D eigenvalue weighted by Crippen LogP contribution is -2.57. The molecule has 246 valence electrons. The molecule has 0 spiro atoms. The Balaban J connectivity index is 1.13. The lowest BCUT2D eigenvalue weighted by atomic mass is 9.70. The molecule has 0 amide bonds. The van der Waals surface area contributed by atoms with Crippen molar-refractivity contribution in [1.29, 1.82) is 0 Å². The highest BCUT2D eigenvalue weighted by molar-refractivity contribution is 8.00. The Morgan fingerprint density at radius 2 is 2.05 bits per heavy atom. The number of rotatable bonds is 8. The van der Waals surface area contributed by atoms with E-state index in [4.69, 9.17) is 21.3 Å². The number of hydrogen-bond donors (Lipinski definition) is 2. The summed E-state index contributed by atoms with van der Waals surface area (Å²) in [5.41, 5.74) is 1.56. The maximum atomic E-state index is 13.8. The van der Waals surface area contributed by atoms with E-state index in [0.29, 0.717) is 56.5 Å². The van der Waals surface area contributed by atoms with E-state index < -0.39 is 18.3 Å². The van der Waals surface area contributed by atoms with E-state index in [9.17, 15) is 23.5 Å². The van der Waals surface area contributed by atoms with Gasteiger partial charge in [-0.25, -0.2) is 13.8 Å². The highest BCUT2D eigenvalue weighted by Gasteiger charge is 2.51. The van der Waals surface area contributed by atoms with E-state index in [-0.39, 0.29) is 52.3 Å². The molecule has 1 aromatic rings. The van der Waals surface area contributed by atoms with Crippen molar-refractivity contribution in [2.45, 2.75) is 119 Å². The largest absolute Gasteiger partial charge is 0.481 e. The molecule has 3 saturated heterocycles. The summed E-state index contributed by atoms with van der Waals surface area (Å²) in [5.74, 6) is 0.186. The van der Waals surface area contributed by atoms with E-state index in [1.54, 1.807) is 16.3 Å². The molecule has 6 rings (SSSR count). The SMILES string of the molecule is Cc1nc2c(c(=O)n1CCOC1CCC(Cl)CC1C1CC(C)NC3C(C(=O)O)CSC13)C[C@H](N1CCC[C@@H](C(F)F)C1)CC2. The summed E-state index contributed by atoms with van der Waals surface area (Å²) in [6.45, 7) is 6.03. The van der Waals surface area contributed by atoms with Crippen LogP contribution in [0.1, 0.15) is 69.0 Å². The molecule has 8 nitrogen and oxygen atoms in total. The summed E-state index contributed by atoms with van der Waals surface area (Å²) in [6, 6.07) is 0.291. The highest BCUT2D eigenvalue weighted by Crippen LogP contribution is 2.48. The molecule has 0 aromatic carbocycles. The van der Waals surface area contributed by atoms with Crippen LogP contribution in [0.2, 0.25) is 0 Å². The molecule has 2 aliphatic carbocycles. The summed E-state index contributed by atoms with van der Waals surface area (Å²) in [4.78, 5) is 32.7. The van der Waals surface area contributed by atoms with Crippen LogP contribution in [0.15, 0.2) is 4.79 Å². The van der Waals surface area contributed by atoms with Gasteiger partial charge < -0.3 is 15.2 Å². The number of ether oxygens (including phenoxy) is 1. The molecule has 0 bridgehead atoms. The van der Waals surface area contributed by atoms with Gasteiger partial charge in [0.2, 0.25) is 6.43 Å². The van der Waals surface area contributed by atoms with E-state index in [1.165, 1.54) is 0 Å². The van der Waals surface area contributed by atoms with Gasteiger partial charge in [0.05, 0.1) is 30.9 Å². The minimum absolute atomic E-state index is 0.0123. The van der Waals surface area contributed by atoms with Crippen molar-refractivity contribution in [2.24, 2.45) is 23.7 Å². The van der Waals surface area contributed by atoms with Gasteiger partial charge in [-0.2, -0.15) is 11.8 Å². The van der Waals surface area contributed by atoms with Gasteiger partial charge in [0, 0.05) is 52.5 Å². The first-order valence-electron chi connectivity index (χ1n) is 16.6. The summed E-state index contributed by atoms with van der Waals surface area (Å²) in [7, 11) is 0. The van der Waals surface area contributed by atoms with E-state index in [0.717, 1.165) is 56.3 Å². The standard InChI is InChI=1S/C32H47ClF2N4O4S/c1-17-12-23(29-28(36-17)25(16-44-29)32(41)42)22-13-20(33)5-8-27(22)43-11-10-39-18(2)37-26-7-6-21(14-24(26)31(39)40)38-9-3-4-19(15-38)30(34)35/h17,19-23,25,27-30,36H,3-16H2,1-2H3,(H,41,42)/t17?,19-,20?,21-,22?,23?,25?,27?,28?,29?/m1/s1. The second kappa shape index (κ2) is 13.8. The molecular formula is C32H47ClF2N4O4S. The third kappa shape index (κ3) is 6.73. The van der Waals surface area contributed by atoms with Crippen molar-refractivity contribution < 1.29 is 23.4 Å². The Labute approximate surface area is 268 Å². The Bertz CT molecular complexity index is 1260. The fraction of sp³-hybridized carbons (Fsp3) is 0.844. The van der Waals surface area contributed by atoms with Gasteiger partial charge >= 0.3 is 5.97 Å². The number of aliphatic carboxylic acids is 1. The molecular weight excluding hydrogens is 610 g/mol. The number of piperidine rings is 2. The van der Waals surface area contributed by atoms with Crippen molar-refractivity contribution >= 4 is 29.3 Å². The van der Waals surface area contributed by atoms with Crippen LogP contribution < -0.4 is 10.9 Å². The molecule has 0 radical (unpaired) electrons. The number of thioether (sulfide) groups is 1. The zero-order valence-electron chi connectivity index (χ0n) is 25.8. The van der Waals surface area contributed by atoms with Crippen molar-refractivity contribution in [2.75, 3.05) is 25.4 Å². The molecule has 2 N–H and O–H groups in total. The third-order valence-electron chi connectivity index (χ3n) is 11.1. The number of aryl methyl sites for hydroxylation is 2. The quantitative estimate of drug-likeness (QED) is 0.399. The fourth-order valence-corrected chi connectivity index (χ4v) is 11.0. The van der Waals surface area contributed by atoms with Gasteiger partial charge in [-0.05, 0) is 90.0 Å². The normalized spacial score (nSPS) is 38.0. The van der Waals surface area contributed by atoms with Crippen LogP contribution in [-0.4, -0.2) is 92.3 Å². The zero-order valence-corrected chi connectivity index (χ0v) is 27.4. The summed E-state index contributed by atoms with van der Waals surface area (Å²) >= 11 is 8.50. The van der Waals surface area contributed by atoms with Gasteiger partial charge in [0.25, 0.3) is 5.56 Å². The van der Waals surface area contributed by atoms with Gasteiger partial charge in [-0.15, -0.1) is 11.6 Å². The average molecular weight is 657 g/mol. The maximum absolute atomic E-state index is 13.8. The topological polar surface area (TPSA) is 96.7 Å². The van der Waals surface area contributed by atoms with Crippen LogP contribution in [0.4, 0.5) is 8.78 Å². The number of hydrogen-bond acceptors (Lipinski definition) is 7. The Morgan fingerprint density at radius 3 is 2.82 bits per heavy atom. The predicted octanol–water partition coefficient (Wildman–Crippen LogP) is 4.36. The van der Waals surface area contributed by atoms with Gasteiger partial charge in [-0.1, -0.05) is 0 Å². The minimum atomic E-state index is -2.30. The van der Waals surface area contributed by atoms with Crippen LogP contribution >= 0.6 is 23.4 Å². The molecule has 8 unspecified atom stereocenters. The monoisotopic (exact) mass is 656 g/mol. The number of carbonyl (C=O) groups is 1. The van der Waals surface area contributed by atoms with Crippen LogP contribution in [0.5, 0.6) is 0 Å². The average Bonchev–Trinajstić information content (AvgIpc) is 3.43. The second-order valence-corrected chi connectivity index (χ2v) is 15.7. The number of fused-ring (bicyclic) bond motifs is 2. The van der Waals surface area contributed by atoms with Crippen LogP contribution in [0.25, 0.3) is 0 Å². The first-order valence-corrected chi connectivity index (χ1v) is 18.1. The maximum Gasteiger partial charge on any atom is 0.308 e. The summed E-state index contributed by atoms with van der Waals surface area (Å²) in [6.07, 6.45) is 4.72. The van der Waals surface area contributed by atoms with Crippen molar-refractivity contribution in [3.05, 3.63) is 27.4 Å². The van der Waals surface area contributed by atoms with Gasteiger partial charge in [0.1, 0.15) is 5.82 Å². The number of aromatic nitrogens is 2. The lowest BCUT2D eigenvalue weighted by molar-refractivity contribution is -0.142. The molecule has 12 heteroatoms. The van der Waals surface area contributed by atoms with Gasteiger partial charge in [0.15, 0.2) is 0 Å². The van der Waals surface area contributed by atoms with Crippen molar-refractivity contribution in [3.63, 3.8) is 0 Å². The first-order chi connectivity index (χ1) is 21.1. The number of nitrogens with one attached hydrogen (secondary N) is 1. The first kappa shape index (κ1) is 32.7. The molecule has 4 fully saturated rings. The summed E-state index contributed by atoms with van der Waals surface area (Å²) < 4.78 is 35.2. The van der Waals surface area contributed by atoms with E-state index in [2.05, 4.69) is 17.1 Å². The smallest absolute Gasteiger partial charge is 0.308 e. The number of carboxylic acids is 1. The van der Waals surface area contributed by atoms with Crippen molar-refractivity contribution in [3.8, 4) is 0 Å². The number of alkyl halides is 3. The Hall–Kier alpha value is -1.27. The number of halogens is 3. The van der Waals surface area contributed by atoms with Crippen LogP contribution in [-0.2, 0) is 28.9 Å². The molecule has 1 aromatic heterocycles. The Morgan fingerprint density at radius 1 is 1.23 bits per heavy atom. The minimum Gasteiger partial charge on any atom is -0.481 e. The summed E-state index contributed by atoms with van der Waals surface area (Å²) in [5, 5.41) is 13.7. The molecule has 5 aliphatic rings. The highest BCUT2D eigenvalue weighted by atomic mass is 35.5. The number of likely N-dealkylation sites (tertiary alicyclic amines) is 1. The number of carboxylic acid groups (broad SMARTS) is 1. The third-order valence-corrected chi connectivity index (χ3v) is 13.1. The van der Waals surface area contributed by atoms with Crippen molar-refractivity contribution in [1.82, 2.24) is 19.8 Å². The Kier molecular flexibility index (Phi) is 10.3. The van der Waals surface area contributed by atoms with E-state index >= 15 is 0 Å². The molecule has 44 heavy (non-hydrogen) atoms. The van der Waals surface area contributed by atoms with Crippen LogP contribution in [0.3, 0.4) is 0 Å². The molecule has 1 saturated carbocycles. The fourth-order valence-electron chi connectivity index (χ4n) is 8.87. The van der Waals surface area contributed by atoms with Gasteiger partial charge in [-0.3, -0.25) is 19.1 Å². The molecule has 10 atom stereocenters. The predicted molar refractivity (Wildman–Crippen MR) is 168 cm³/mol. The van der Waals surface area contributed by atoms with E-state index in [1.807, 2.05) is 6.92 Å². The molecule has 4 heterocycles. The lowest BCUT2D eigenvalue weighted by Gasteiger charge is -2.47. The zero-order chi connectivity index (χ0) is 31.1.